The van der Waals surface area contributed by atoms with Gasteiger partial charge in [-0.2, -0.15) is 0 Å². The van der Waals surface area contributed by atoms with Gasteiger partial charge in [-0.3, -0.25) is 0 Å². The van der Waals surface area contributed by atoms with E-state index in [4.69, 9.17) is 0 Å². The summed E-state index contributed by atoms with van der Waals surface area (Å²) in [4.78, 5) is 0. The molecular formula is C15H14BrFO. The minimum Gasteiger partial charge on any atom is -0.388 e. The van der Waals surface area contributed by atoms with Crippen molar-refractivity contribution in [2.45, 2.75) is 19.4 Å². The molecule has 94 valence electrons. The van der Waals surface area contributed by atoms with Crippen molar-refractivity contribution in [3.8, 4) is 0 Å². The van der Waals surface area contributed by atoms with E-state index in [-0.39, 0.29) is 5.82 Å². The van der Waals surface area contributed by atoms with Crippen molar-refractivity contribution in [2.75, 3.05) is 0 Å². The second-order valence-electron chi connectivity index (χ2n) is 4.35. The summed E-state index contributed by atoms with van der Waals surface area (Å²) in [6.07, 6.45) is -0.207. The molecule has 0 spiro atoms. The van der Waals surface area contributed by atoms with Gasteiger partial charge < -0.3 is 5.11 Å². The minimum atomic E-state index is -0.611. The number of hydrogen-bond donors (Lipinski definition) is 1. The Balaban J connectivity index is 2.21. The quantitative estimate of drug-likeness (QED) is 0.902. The van der Waals surface area contributed by atoms with Gasteiger partial charge >= 0.3 is 0 Å². The third-order valence-electron chi connectivity index (χ3n) is 2.90. The molecule has 1 unspecified atom stereocenters. The fraction of sp³-hybridized carbons (Fsp3) is 0.200. The lowest BCUT2D eigenvalue weighted by atomic mass is 9.98. The third-order valence-corrected chi connectivity index (χ3v) is 3.36. The molecule has 0 bridgehead atoms. The highest BCUT2D eigenvalue weighted by Gasteiger charge is 2.11. The van der Waals surface area contributed by atoms with E-state index >= 15 is 0 Å². The normalized spacial score (nSPS) is 12.4. The zero-order chi connectivity index (χ0) is 13.1. The summed E-state index contributed by atoms with van der Waals surface area (Å²) in [5, 5.41) is 10.2. The molecule has 0 saturated heterocycles. The average Bonchev–Trinajstić information content (AvgIpc) is 2.27. The summed E-state index contributed by atoms with van der Waals surface area (Å²) in [6, 6.07) is 12.4. The lowest BCUT2D eigenvalue weighted by molar-refractivity contribution is 0.177. The summed E-state index contributed by atoms with van der Waals surface area (Å²) in [7, 11) is 0. The van der Waals surface area contributed by atoms with Crippen LogP contribution < -0.4 is 0 Å². The molecule has 2 aromatic rings. The van der Waals surface area contributed by atoms with E-state index in [2.05, 4.69) is 15.9 Å². The molecule has 0 aromatic heterocycles. The number of rotatable bonds is 3. The molecule has 0 aliphatic carbocycles. The molecule has 0 radical (unpaired) electrons. The molecule has 0 heterocycles. The van der Waals surface area contributed by atoms with Gasteiger partial charge in [0.05, 0.1) is 6.10 Å². The molecule has 0 saturated carbocycles. The first-order valence-electron chi connectivity index (χ1n) is 5.75. The van der Waals surface area contributed by atoms with Crippen molar-refractivity contribution < 1.29 is 9.50 Å². The largest absolute Gasteiger partial charge is 0.388 e. The maximum atomic E-state index is 13.2. The molecule has 0 amide bonds. The highest BCUT2D eigenvalue weighted by Crippen LogP contribution is 2.23. The zero-order valence-electron chi connectivity index (χ0n) is 10.0. The first-order chi connectivity index (χ1) is 8.56. The Kier molecular flexibility index (Phi) is 4.15. The molecule has 3 heteroatoms. The first-order valence-corrected chi connectivity index (χ1v) is 6.54. The van der Waals surface area contributed by atoms with Gasteiger partial charge in [0.2, 0.25) is 0 Å². The van der Waals surface area contributed by atoms with Gasteiger partial charge in [-0.25, -0.2) is 4.39 Å². The topological polar surface area (TPSA) is 20.2 Å². The molecule has 0 fully saturated rings. The van der Waals surface area contributed by atoms with Crippen molar-refractivity contribution in [1.82, 2.24) is 0 Å². The van der Waals surface area contributed by atoms with Crippen molar-refractivity contribution >= 4 is 15.9 Å². The highest BCUT2D eigenvalue weighted by molar-refractivity contribution is 9.10. The summed E-state index contributed by atoms with van der Waals surface area (Å²) in [5.41, 5.74) is 2.70. The van der Waals surface area contributed by atoms with Crippen LogP contribution in [0.3, 0.4) is 0 Å². The monoisotopic (exact) mass is 308 g/mol. The standard InChI is InChI=1S/C15H14BrFO/c1-10-4-2-3-5-14(10)15(18)8-11-6-12(16)9-13(17)7-11/h2-7,9,15,18H,8H2,1H3. The summed E-state index contributed by atoms with van der Waals surface area (Å²) >= 11 is 3.25. The van der Waals surface area contributed by atoms with Gasteiger partial charge in [0.15, 0.2) is 0 Å². The van der Waals surface area contributed by atoms with Crippen molar-refractivity contribution in [2.24, 2.45) is 0 Å². The van der Waals surface area contributed by atoms with Crippen LogP contribution in [0, 0.1) is 12.7 Å². The zero-order valence-corrected chi connectivity index (χ0v) is 11.6. The van der Waals surface area contributed by atoms with Crippen LogP contribution in [-0.4, -0.2) is 5.11 Å². The summed E-state index contributed by atoms with van der Waals surface area (Å²) in [5.74, 6) is -0.295. The van der Waals surface area contributed by atoms with E-state index in [1.807, 2.05) is 37.3 Å². The lowest BCUT2D eigenvalue weighted by Gasteiger charge is -2.14. The SMILES string of the molecule is Cc1ccccc1C(O)Cc1cc(F)cc(Br)c1. The Morgan fingerprint density at radius 1 is 1.22 bits per heavy atom. The molecule has 1 atom stereocenters. The molecule has 0 aliphatic rings. The number of halogens is 2. The molecule has 0 aliphatic heterocycles. The second-order valence-corrected chi connectivity index (χ2v) is 5.27. The van der Waals surface area contributed by atoms with Crippen molar-refractivity contribution in [3.05, 3.63) is 69.4 Å². The van der Waals surface area contributed by atoms with Gasteiger partial charge in [0, 0.05) is 10.9 Å². The van der Waals surface area contributed by atoms with E-state index in [1.54, 1.807) is 0 Å². The fourth-order valence-corrected chi connectivity index (χ4v) is 2.54. The molecule has 2 aromatic carbocycles. The van der Waals surface area contributed by atoms with Gasteiger partial charge in [-0.1, -0.05) is 40.2 Å². The molecular weight excluding hydrogens is 295 g/mol. The molecule has 1 N–H and O–H groups in total. The van der Waals surface area contributed by atoms with Crippen molar-refractivity contribution in [1.29, 1.82) is 0 Å². The second kappa shape index (κ2) is 5.63. The Labute approximate surface area is 114 Å². The Morgan fingerprint density at radius 2 is 1.94 bits per heavy atom. The predicted molar refractivity (Wildman–Crippen MR) is 73.9 cm³/mol. The van der Waals surface area contributed by atoms with Crippen LogP contribution in [0.4, 0.5) is 4.39 Å². The number of hydrogen-bond acceptors (Lipinski definition) is 1. The minimum absolute atomic E-state index is 0.295. The van der Waals surface area contributed by atoms with Crippen LogP contribution in [0.5, 0.6) is 0 Å². The summed E-state index contributed by atoms with van der Waals surface area (Å²) < 4.78 is 13.9. The van der Waals surface area contributed by atoms with E-state index in [0.29, 0.717) is 10.9 Å². The van der Waals surface area contributed by atoms with Crippen LogP contribution in [0.2, 0.25) is 0 Å². The predicted octanol–water partition coefficient (Wildman–Crippen LogP) is 4.17. The number of aryl methyl sites for hydroxylation is 1. The highest BCUT2D eigenvalue weighted by atomic mass is 79.9. The van der Waals surface area contributed by atoms with E-state index < -0.39 is 6.10 Å². The Morgan fingerprint density at radius 3 is 2.61 bits per heavy atom. The van der Waals surface area contributed by atoms with Crippen LogP contribution in [0.1, 0.15) is 22.8 Å². The number of aliphatic hydroxyl groups is 1. The Hall–Kier alpha value is -1.19. The number of aliphatic hydroxyl groups excluding tert-OH is 1. The van der Waals surface area contributed by atoms with Gasteiger partial charge in [-0.15, -0.1) is 0 Å². The van der Waals surface area contributed by atoms with Gasteiger partial charge in [-0.05, 0) is 41.8 Å². The van der Waals surface area contributed by atoms with Gasteiger partial charge in [0.25, 0.3) is 0 Å². The van der Waals surface area contributed by atoms with Crippen molar-refractivity contribution in [3.63, 3.8) is 0 Å². The van der Waals surface area contributed by atoms with Crippen LogP contribution in [0.15, 0.2) is 46.9 Å². The van der Waals surface area contributed by atoms with Gasteiger partial charge in [0.1, 0.15) is 5.82 Å². The average molecular weight is 309 g/mol. The van der Waals surface area contributed by atoms with Crippen LogP contribution >= 0.6 is 15.9 Å². The third kappa shape index (κ3) is 3.18. The lowest BCUT2D eigenvalue weighted by Crippen LogP contribution is -2.04. The van der Waals surface area contributed by atoms with E-state index in [1.165, 1.54) is 12.1 Å². The Bertz CT molecular complexity index is 534. The van der Waals surface area contributed by atoms with Crippen LogP contribution in [-0.2, 0) is 6.42 Å². The van der Waals surface area contributed by atoms with E-state index in [9.17, 15) is 9.50 Å². The molecule has 2 rings (SSSR count). The smallest absolute Gasteiger partial charge is 0.124 e. The molecule has 18 heavy (non-hydrogen) atoms. The van der Waals surface area contributed by atoms with E-state index in [0.717, 1.165) is 16.7 Å². The molecule has 1 nitrogen and oxygen atoms in total. The first kappa shape index (κ1) is 13.2. The van der Waals surface area contributed by atoms with Crippen LogP contribution in [0.25, 0.3) is 0 Å². The maximum Gasteiger partial charge on any atom is 0.124 e. The fourth-order valence-electron chi connectivity index (χ4n) is 2.02. The maximum absolute atomic E-state index is 13.2. The number of benzene rings is 2. The summed E-state index contributed by atoms with van der Waals surface area (Å²) in [6.45, 7) is 1.96.